The van der Waals surface area contributed by atoms with Crippen molar-refractivity contribution in [2.75, 3.05) is 6.26 Å². The number of ether oxygens (including phenoxy) is 1. The van der Waals surface area contributed by atoms with Gasteiger partial charge >= 0.3 is 0 Å². The summed E-state index contributed by atoms with van der Waals surface area (Å²) in [5.74, 6) is 0.273. The number of para-hydroxylation sites is 1. The van der Waals surface area contributed by atoms with E-state index in [9.17, 15) is 18.0 Å². The molecular weight excluding hydrogens is 482 g/mol. The Balaban J connectivity index is 1.50. The zero-order chi connectivity index (χ0) is 25.9. The predicted octanol–water partition coefficient (Wildman–Crippen LogP) is 3.55. The van der Waals surface area contributed by atoms with Crippen molar-refractivity contribution in [1.82, 2.24) is 15.0 Å². The molecule has 0 aliphatic heterocycles. The van der Waals surface area contributed by atoms with E-state index in [1.54, 1.807) is 36.7 Å². The molecule has 2 aromatic heterocycles. The van der Waals surface area contributed by atoms with Crippen molar-refractivity contribution < 1.29 is 23.2 Å². The Morgan fingerprint density at radius 2 is 1.81 bits per heavy atom. The Labute approximate surface area is 207 Å². The second kappa shape index (κ2) is 9.92. The van der Waals surface area contributed by atoms with Crippen LogP contribution in [-0.2, 0) is 21.2 Å². The second-order valence-corrected chi connectivity index (χ2v) is 11.0. The minimum atomic E-state index is -3.85. The number of sulfone groups is 1. The average molecular weight is 508 g/mol. The van der Waals surface area contributed by atoms with Gasteiger partial charge in [0, 0.05) is 36.6 Å². The summed E-state index contributed by atoms with van der Waals surface area (Å²) in [7, 11) is -3.85. The SMILES string of the molecule is C[C@@](CCn1ccc(-c2ccc(Oc3ccnc4ccccc34)cc2)cc1=O)(C(=O)NO)S(C)(=O)=O. The molecule has 0 aliphatic carbocycles. The molecule has 0 aliphatic rings. The van der Waals surface area contributed by atoms with Crippen LogP contribution in [0.3, 0.4) is 0 Å². The Morgan fingerprint density at radius 1 is 1.08 bits per heavy atom. The number of hydrogen-bond acceptors (Lipinski definition) is 7. The monoisotopic (exact) mass is 507 g/mol. The lowest BCUT2D eigenvalue weighted by Crippen LogP contribution is -2.49. The third-order valence-electron chi connectivity index (χ3n) is 6.25. The van der Waals surface area contributed by atoms with Crippen LogP contribution >= 0.6 is 0 Å². The molecule has 9 nitrogen and oxygen atoms in total. The maximum absolute atomic E-state index is 12.7. The smallest absolute Gasteiger partial charge is 0.264 e. The minimum absolute atomic E-state index is 0.0250. The number of hydrogen-bond donors (Lipinski definition) is 2. The third-order valence-corrected chi connectivity index (χ3v) is 8.28. The number of carbonyl (C=O) groups excluding carboxylic acids is 1. The Kier molecular flexibility index (Phi) is 6.91. The molecular formula is C26H25N3O6S. The highest BCUT2D eigenvalue weighted by Gasteiger charge is 2.43. The maximum atomic E-state index is 12.7. The fourth-order valence-corrected chi connectivity index (χ4v) is 4.64. The zero-order valence-electron chi connectivity index (χ0n) is 19.7. The lowest BCUT2D eigenvalue weighted by atomic mass is 10.1. The van der Waals surface area contributed by atoms with Gasteiger partial charge in [-0.2, -0.15) is 0 Å². The normalized spacial score (nSPS) is 13.2. The largest absolute Gasteiger partial charge is 0.457 e. The second-order valence-electron chi connectivity index (χ2n) is 8.59. The number of rotatable bonds is 8. The highest BCUT2D eigenvalue weighted by molar-refractivity contribution is 7.92. The number of carbonyl (C=O) groups is 1. The van der Waals surface area contributed by atoms with Crippen LogP contribution in [0.15, 0.2) is 83.9 Å². The first-order valence-electron chi connectivity index (χ1n) is 11.1. The zero-order valence-corrected chi connectivity index (χ0v) is 20.5. The van der Waals surface area contributed by atoms with E-state index >= 15 is 0 Å². The number of aryl methyl sites for hydroxylation is 1. The summed E-state index contributed by atoms with van der Waals surface area (Å²) in [6, 6.07) is 20.0. The summed E-state index contributed by atoms with van der Waals surface area (Å²) in [6.45, 7) is 1.19. The summed E-state index contributed by atoms with van der Waals surface area (Å²) >= 11 is 0. The highest BCUT2D eigenvalue weighted by atomic mass is 32.2. The predicted molar refractivity (Wildman–Crippen MR) is 136 cm³/mol. The van der Waals surface area contributed by atoms with Gasteiger partial charge in [0.25, 0.3) is 11.5 Å². The fourth-order valence-electron chi connectivity index (χ4n) is 3.79. The van der Waals surface area contributed by atoms with Gasteiger partial charge < -0.3 is 9.30 Å². The van der Waals surface area contributed by atoms with Gasteiger partial charge in [-0.25, -0.2) is 13.9 Å². The molecule has 0 spiro atoms. The van der Waals surface area contributed by atoms with Gasteiger partial charge in [-0.15, -0.1) is 0 Å². The van der Waals surface area contributed by atoms with Gasteiger partial charge in [-0.3, -0.25) is 19.8 Å². The average Bonchev–Trinajstić information content (AvgIpc) is 2.87. The molecule has 2 heterocycles. The minimum Gasteiger partial charge on any atom is -0.457 e. The van der Waals surface area contributed by atoms with Crippen LogP contribution in [0.5, 0.6) is 11.5 Å². The van der Waals surface area contributed by atoms with E-state index in [0.29, 0.717) is 17.1 Å². The van der Waals surface area contributed by atoms with Gasteiger partial charge in [-0.1, -0.05) is 24.3 Å². The number of nitrogens with one attached hydrogen (secondary N) is 1. The molecule has 36 heavy (non-hydrogen) atoms. The van der Waals surface area contributed by atoms with Crippen LogP contribution in [0.1, 0.15) is 13.3 Å². The first-order chi connectivity index (χ1) is 17.1. The molecule has 2 N–H and O–H groups in total. The highest BCUT2D eigenvalue weighted by Crippen LogP contribution is 2.30. The molecule has 186 valence electrons. The molecule has 1 atom stereocenters. The molecule has 0 radical (unpaired) electrons. The third kappa shape index (κ3) is 5.00. The van der Waals surface area contributed by atoms with E-state index in [0.717, 1.165) is 22.7 Å². The molecule has 0 saturated carbocycles. The molecule has 1 amide bonds. The van der Waals surface area contributed by atoms with Gasteiger partial charge in [-0.05, 0) is 60.9 Å². The lowest BCUT2D eigenvalue weighted by molar-refractivity contribution is -0.131. The van der Waals surface area contributed by atoms with Crippen molar-refractivity contribution in [2.45, 2.75) is 24.6 Å². The summed E-state index contributed by atoms with van der Waals surface area (Å²) in [4.78, 5) is 29.0. The number of pyridine rings is 2. The van der Waals surface area contributed by atoms with E-state index in [1.165, 1.54) is 23.0 Å². The van der Waals surface area contributed by atoms with Crippen LogP contribution in [-0.4, -0.2) is 40.1 Å². The van der Waals surface area contributed by atoms with Crippen LogP contribution in [0.2, 0.25) is 0 Å². The number of aromatic nitrogens is 2. The van der Waals surface area contributed by atoms with E-state index < -0.39 is 20.5 Å². The van der Waals surface area contributed by atoms with Crippen LogP contribution in [0, 0.1) is 0 Å². The van der Waals surface area contributed by atoms with Crippen molar-refractivity contribution in [3.05, 3.63) is 89.5 Å². The van der Waals surface area contributed by atoms with Gasteiger partial charge in [0.2, 0.25) is 0 Å². The number of nitrogens with zero attached hydrogens (tertiary/aromatic N) is 2. The van der Waals surface area contributed by atoms with Crippen molar-refractivity contribution in [2.24, 2.45) is 0 Å². The topological polar surface area (TPSA) is 128 Å². The van der Waals surface area contributed by atoms with Crippen molar-refractivity contribution >= 4 is 26.6 Å². The standard InChI is InChI=1S/C26H25N3O6S/c1-26(25(31)28-32,36(2,33)34)13-16-29-15-12-19(17-24(29)30)18-7-9-20(10-8-18)35-23-11-14-27-22-6-4-3-5-21(22)23/h3-12,14-15,17,32H,13,16H2,1-2H3,(H,28,31)/t26-/m1/s1. The van der Waals surface area contributed by atoms with Crippen molar-refractivity contribution in [1.29, 1.82) is 0 Å². The Bertz CT molecular complexity index is 1580. The molecule has 0 saturated heterocycles. The van der Waals surface area contributed by atoms with Crippen LogP contribution < -0.4 is 15.8 Å². The summed E-state index contributed by atoms with van der Waals surface area (Å²) < 4.78 is 29.8. The van der Waals surface area contributed by atoms with Crippen LogP contribution in [0.25, 0.3) is 22.0 Å². The quantitative estimate of drug-likeness (QED) is 0.276. The maximum Gasteiger partial charge on any atom is 0.264 e. The van der Waals surface area contributed by atoms with Crippen molar-refractivity contribution in [3.63, 3.8) is 0 Å². The molecule has 2 aromatic carbocycles. The first-order valence-corrected chi connectivity index (χ1v) is 13.0. The summed E-state index contributed by atoms with van der Waals surface area (Å²) in [5, 5.41) is 9.85. The summed E-state index contributed by atoms with van der Waals surface area (Å²) in [5.41, 5.74) is 3.36. The van der Waals surface area contributed by atoms with Gasteiger partial charge in [0.05, 0.1) is 5.52 Å². The number of fused-ring (bicyclic) bond motifs is 1. The van der Waals surface area contributed by atoms with E-state index in [-0.39, 0.29) is 18.5 Å². The fraction of sp³-hybridized carbons (Fsp3) is 0.192. The van der Waals surface area contributed by atoms with Gasteiger partial charge in [0.15, 0.2) is 14.6 Å². The molecule has 0 unspecified atom stereocenters. The van der Waals surface area contributed by atoms with E-state index in [4.69, 9.17) is 9.94 Å². The Morgan fingerprint density at radius 3 is 2.47 bits per heavy atom. The number of benzene rings is 2. The van der Waals surface area contributed by atoms with E-state index in [2.05, 4.69) is 4.98 Å². The van der Waals surface area contributed by atoms with Crippen molar-refractivity contribution in [3.8, 4) is 22.6 Å². The molecule has 10 heteroatoms. The van der Waals surface area contributed by atoms with E-state index in [1.807, 2.05) is 36.4 Å². The molecule has 4 aromatic rings. The summed E-state index contributed by atoms with van der Waals surface area (Å²) in [6.07, 6.45) is 3.96. The lowest BCUT2D eigenvalue weighted by Gasteiger charge is -2.25. The molecule has 4 rings (SSSR count). The Hall–Kier alpha value is -4.02. The number of hydroxylamine groups is 1. The molecule has 0 bridgehead atoms. The number of amides is 1. The van der Waals surface area contributed by atoms with Crippen LogP contribution in [0.4, 0.5) is 0 Å². The van der Waals surface area contributed by atoms with Gasteiger partial charge in [0.1, 0.15) is 11.5 Å². The molecule has 0 fully saturated rings. The first kappa shape index (κ1) is 25.1.